The first-order valence-electron chi connectivity index (χ1n) is 10.0. The van der Waals surface area contributed by atoms with Crippen molar-refractivity contribution in [1.29, 1.82) is 5.26 Å². The molecule has 2 aromatic heterocycles. The molecule has 0 atom stereocenters. The van der Waals surface area contributed by atoms with E-state index in [1.165, 1.54) is 0 Å². The van der Waals surface area contributed by atoms with Gasteiger partial charge in [-0.15, -0.1) is 0 Å². The Morgan fingerprint density at radius 2 is 2.00 bits per heavy atom. The van der Waals surface area contributed by atoms with E-state index >= 15 is 0 Å². The van der Waals surface area contributed by atoms with Crippen molar-refractivity contribution in [2.75, 3.05) is 11.1 Å². The second kappa shape index (κ2) is 8.32. The van der Waals surface area contributed by atoms with Crippen LogP contribution in [-0.2, 0) is 13.1 Å². The molecule has 0 radical (unpaired) electrons. The van der Waals surface area contributed by atoms with Crippen molar-refractivity contribution < 1.29 is 4.79 Å². The van der Waals surface area contributed by atoms with Gasteiger partial charge in [0.2, 0.25) is 0 Å². The Kier molecular flexibility index (Phi) is 5.41. The van der Waals surface area contributed by atoms with Gasteiger partial charge in [-0.05, 0) is 30.2 Å². The smallest absolute Gasteiger partial charge is 0.319 e. The molecular formula is C23H23N7O. The zero-order valence-electron chi connectivity index (χ0n) is 17.4. The summed E-state index contributed by atoms with van der Waals surface area (Å²) >= 11 is 0. The van der Waals surface area contributed by atoms with Crippen LogP contribution < -0.4 is 16.4 Å². The number of rotatable bonds is 5. The number of amides is 2. The number of carbonyl (C=O) groups is 1. The predicted molar refractivity (Wildman–Crippen MR) is 121 cm³/mol. The van der Waals surface area contributed by atoms with E-state index in [1.807, 2.05) is 24.3 Å². The summed E-state index contributed by atoms with van der Waals surface area (Å²) in [6, 6.07) is 16.3. The molecule has 4 N–H and O–H groups in total. The molecule has 4 aromatic rings. The van der Waals surface area contributed by atoms with E-state index in [0.29, 0.717) is 34.3 Å². The summed E-state index contributed by atoms with van der Waals surface area (Å²) in [5.74, 6) is 1.44. The van der Waals surface area contributed by atoms with Crippen molar-refractivity contribution in [3.8, 4) is 6.07 Å². The molecule has 0 aliphatic heterocycles. The Morgan fingerprint density at radius 1 is 1.19 bits per heavy atom. The zero-order valence-corrected chi connectivity index (χ0v) is 17.4. The quantitative estimate of drug-likeness (QED) is 0.456. The van der Waals surface area contributed by atoms with Crippen LogP contribution in [0.5, 0.6) is 0 Å². The van der Waals surface area contributed by atoms with Crippen LogP contribution in [-0.4, -0.2) is 20.6 Å². The van der Waals surface area contributed by atoms with Crippen LogP contribution in [0, 0.1) is 17.2 Å². The molecule has 0 saturated carbocycles. The zero-order chi connectivity index (χ0) is 22.0. The Labute approximate surface area is 179 Å². The molecule has 0 aliphatic rings. The van der Waals surface area contributed by atoms with Gasteiger partial charge in [0, 0.05) is 17.6 Å². The van der Waals surface area contributed by atoms with E-state index in [9.17, 15) is 4.79 Å². The van der Waals surface area contributed by atoms with Crippen molar-refractivity contribution in [3.63, 3.8) is 0 Å². The first-order valence-corrected chi connectivity index (χ1v) is 10.0. The topological polar surface area (TPSA) is 122 Å². The number of hydrogen-bond acceptors (Lipinski definition) is 5. The number of carbonyl (C=O) groups excluding carboxylic acids is 1. The number of benzene rings is 2. The summed E-state index contributed by atoms with van der Waals surface area (Å²) in [6.45, 7) is 5.21. The summed E-state index contributed by atoms with van der Waals surface area (Å²) in [5.41, 5.74) is 9.61. The standard InChI is InChI=1S/C23H23N7O/c1-14(2)13-30-19(12-26-23(31)27-16-7-5-6-15(10-16)11-24)29-20-21(30)17-8-3-4-9-18(17)28-22(20)25/h3-10,14H,12-13H2,1-2H3,(H2,25,28)(H2,26,27,31). The fraction of sp³-hybridized carbons (Fsp3) is 0.217. The van der Waals surface area contributed by atoms with Gasteiger partial charge in [0.05, 0.1) is 29.2 Å². The van der Waals surface area contributed by atoms with Crippen LogP contribution in [0.15, 0.2) is 48.5 Å². The number of hydrogen-bond donors (Lipinski definition) is 3. The van der Waals surface area contributed by atoms with Gasteiger partial charge in [-0.25, -0.2) is 14.8 Å². The van der Waals surface area contributed by atoms with Gasteiger partial charge >= 0.3 is 6.03 Å². The predicted octanol–water partition coefficient (Wildman–Crippen LogP) is 4.02. The van der Waals surface area contributed by atoms with E-state index in [0.717, 1.165) is 23.0 Å². The molecule has 0 fully saturated rings. The lowest BCUT2D eigenvalue weighted by atomic mass is 10.1. The molecule has 8 heteroatoms. The third-order valence-corrected chi connectivity index (χ3v) is 4.89. The Morgan fingerprint density at radius 3 is 2.77 bits per heavy atom. The van der Waals surface area contributed by atoms with Gasteiger partial charge in [-0.1, -0.05) is 38.1 Å². The molecule has 2 aromatic carbocycles. The first kappa shape index (κ1) is 20.2. The summed E-state index contributed by atoms with van der Waals surface area (Å²) in [4.78, 5) is 21.6. The molecule has 2 amide bonds. The Balaban J connectivity index is 1.65. The van der Waals surface area contributed by atoms with E-state index in [1.54, 1.807) is 24.3 Å². The summed E-state index contributed by atoms with van der Waals surface area (Å²) < 4.78 is 2.11. The fourth-order valence-electron chi connectivity index (χ4n) is 3.60. The number of aromatic nitrogens is 3. The number of nitrogens with zero attached hydrogens (tertiary/aromatic N) is 4. The van der Waals surface area contributed by atoms with Crippen molar-refractivity contribution in [2.24, 2.45) is 5.92 Å². The van der Waals surface area contributed by atoms with Crippen LogP contribution in [0.2, 0.25) is 0 Å². The number of fused-ring (bicyclic) bond motifs is 3. The number of pyridine rings is 1. The molecule has 0 unspecified atom stereocenters. The molecule has 4 rings (SSSR count). The Bertz CT molecular complexity index is 1320. The number of nitriles is 1. The van der Waals surface area contributed by atoms with Gasteiger partial charge < -0.3 is 20.9 Å². The van der Waals surface area contributed by atoms with Crippen molar-refractivity contribution in [1.82, 2.24) is 19.9 Å². The van der Waals surface area contributed by atoms with Gasteiger partial charge in [0.1, 0.15) is 11.3 Å². The van der Waals surface area contributed by atoms with Crippen LogP contribution in [0.25, 0.3) is 21.9 Å². The molecule has 8 nitrogen and oxygen atoms in total. The SMILES string of the molecule is CC(C)Cn1c(CNC(=O)Nc2cccc(C#N)c2)nc2c(N)nc3ccccc3c21. The highest BCUT2D eigenvalue weighted by atomic mass is 16.2. The lowest BCUT2D eigenvalue weighted by Crippen LogP contribution is -2.29. The van der Waals surface area contributed by atoms with Crippen molar-refractivity contribution in [2.45, 2.75) is 26.9 Å². The number of nitrogen functional groups attached to an aromatic ring is 1. The largest absolute Gasteiger partial charge is 0.382 e. The van der Waals surface area contributed by atoms with E-state index in [4.69, 9.17) is 16.0 Å². The number of nitrogens with two attached hydrogens (primary N) is 1. The first-order chi connectivity index (χ1) is 15.0. The fourth-order valence-corrected chi connectivity index (χ4v) is 3.60. The van der Waals surface area contributed by atoms with Crippen LogP contribution >= 0.6 is 0 Å². The van der Waals surface area contributed by atoms with Crippen LogP contribution in [0.4, 0.5) is 16.3 Å². The molecule has 31 heavy (non-hydrogen) atoms. The highest BCUT2D eigenvalue weighted by Gasteiger charge is 2.18. The number of imidazole rings is 1. The molecule has 0 bridgehead atoms. The number of para-hydroxylation sites is 1. The van der Waals surface area contributed by atoms with Gasteiger partial charge in [-0.3, -0.25) is 0 Å². The minimum atomic E-state index is -0.380. The van der Waals surface area contributed by atoms with Gasteiger partial charge in [0.25, 0.3) is 0 Å². The average Bonchev–Trinajstić information content (AvgIpc) is 3.11. The van der Waals surface area contributed by atoms with Crippen LogP contribution in [0.3, 0.4) is 0 Å². The second-order valence-corrected chi connectivity index (χ2v) is 7.74. The van der Waals surface area contributed by atoms with Gasteiger partial charge in [0.15, 0.2) is 5.82 Å². The van der Waals surface area contributed by atoms with Gasteiger partial charge in [-0.2, -0.15) is 5.26 Å². The highest BCUT2D eigenvalue weighted by molar-refractivity contribution is 6.06. The summed E-state index contributed by atoms with van der Waals surface area (Å²) in [5, 5.41) is 15.6. The van der Waals surface area contributed by atoms with Crippen molar-refractivity contribution in [3.05, 3.63) is 59.9 Å². The number of urea groups is 1. The average molecular weight is 413 g/mol. The number of nitrogens with one attached hydrogen (secondary N) is 2. The van der Waals surface area contributed by atoms with Crippen molar-refractivity contribution >= 4 is 39.5 Å². The molecule has 156 valence electrons. The summed E-state index contributed by atoms with van der Waals surface area (Å²) in [7, 11) is 0. The lowest BCUT2D eigenvalue weighted by molar-refractivity contribution is 0.251. The molecule has 0 spiro atoms. The molecule has 0 saturated heterocycles. The third-order valence-electron chi connectivity index (χ3n) is 4.89. The minimum Gasteiger partial charge on any atom is -0.382 e. The van der Waals surface area contributed by atoms with E-state index in [-0.39, 0.29) is 12.6 Å². The lowest BCUT2D eigenvalue weighted by Gasteiger charge is -2.14. The second-order valence-electron chi connectivity index (χ2n) is 7.74. The monoisotopic (exact) mass is 413 g/mol. The molecule has 2 heterocycles. The molecular weight excluding hydrogens is 390 g/mol. The maximum Gasteiger partial charge on any atom is 0.319 e. The minimum absolute atomic E-state index is 0.221. The number of anilines is 2. The van der Waals surface area contributed by atoms with E-state index < -0.39 is 0 Å². The summed E-state index contributed by atoms with van der Waals surface area (Å²) in [6.07, 6.45) is 0. The maximum atomic E-state index is 12.4. The highest BCUT2D eigenvalue weighted by Crippen LogP contribution is 2.29. The third kappa shape index (κ3) is 4.12. The van der Waals surface area contributed by atoms with Crippen LogP contribution in [0.1, 0.15) is 25.2 Å². The van der Waals surface area contributed by atoms with E-state index in [2.05, 4.69) is 40.1 Å². The maximum absolute atomic E-state index is 12.4. The molecule has 0 aliphatic carbocycles. The Hall–Kier alpha value is -4.12. The normalized spacial score (nSPS) is 11.0.